The largest absolute Gasteiger partial charge is 0.480 e. The number of hydrogen-bond acceptors (Lipinski definition) is 2. The van der Waals surface area contributed by atoms with Crippen LogP contribution in [0, 0.1) is 5.92 Å². The van der Waals surface area contributed by atoms with Crippen LogP contribution >= 0.6 is 0 Å². The first-order chi connectivity index (χ1) is 6.63. The van der Waals surface area contributed by atoms with E-state index in [1.807, 2.05) is 6.92 Å². The number of rotatable bonds is 5. The molecular weight excluding hydrogens is 184 g/mol. The zero-order valence-corrected chi connectivity index (χ0v) is 8.32. The van der Waals surface area contributed by atoms with Crippen LogP contribution in [-0.4, -0.2) is 41.6 Å². The Kier molecular flexibility index (Phi) is 3.73. The van der Waals surface area contributed by atoms with Gasteiger partial charge < -0.3 is 15.3 Å². The highest BCUT2D eigenvalue weighted by atomic mass is 16.4. The maximum absolute atomic E-state index is 11.4. The van der Waals surface area contributed by atoms with Crippen LogP contribution in [0.25, 0.3) is 0 Å². The van der Waals surface area contributed by atoms with Gasteiger partial charge >= 0.3 is 12.0 Å². The molecule has 0 unspecified atom stereocenters. The first-order valence-corrected chi connectivity index (χ1v) is 4.88. The van der Waals surface area contributed by atoms with E-state index in [0.29, 0.717) is 12.5 Å². The maximum Gasteiger partial charge on any atom is 0.323 e. The standard InChI is InChI=1S/C9H16N2O3/c1-2-11(6-7-3-4-7)9(14)10-5-8(12)13/h7H,2-6H2,1H3,(H,10,14)(H,12,13). The topological polar surface area (TPSA) is 69.6 Å². The molecule has 1 aliphatic carbocycles. The number of carbonyl (C=O) groups excluding carboxylic acids is 1. The van der Waals surface area contributed by atoms with Crippen LogP contribution in [0.2, 0.25) is 0 Å². The Morgan fingerprint density at radius 1 is 1.50 bits per heavy atom. The molecular formula is C9H16N2O3. The van der Waals surface area contributed by atoms with Crippen molar-refractivity contribution in [2.24, 2.45) is 5.92 Å². The number of nitrogens with one attached hydrogen (secondary N) is 1. The SMILES string of the molecule is CCN(CC1CC1)C(=O)NCC(=O)O. The Hall–Kier alpha value is -1.26. The lowest BCUT2D eigenvalue weighted by atomic mass is 10.4. The Bertz CT molecular complexity index is 226. The number of amides is 2. The van der Waals surface area contributed by atoms with Gasteiger partial charge in [-0.1, -0.05) is 0 Å². The van der Waals surface area contributed by atoms with Gasteiger partial charge in [-0.3, -0.25) is 4.79 Å². The van der Waals surface area contributed by atoms with Crippen LogP contribution in [0.1, 0.15) is 19.8 Å². The van der Waals surface area contributed by atoms with Gasteiger partial charge in [0.05, 0.1) is 0 Å². The third-order valence-electron chi connectivity index (χ3n) is 2.24. The average Bonchev–Trinajstić information content (AvgIpc) is 2.93. The fourth-order valence-corrected chi connectivity index (χ4v) is 1.23. The van der Waals surface area contributed by atoms with E-state index in [1.54, 1.807) is 4.90 Å². The van der Waals surface area contributed by atoms with Gasteiger partial charge in [0.25, 0.3) is 0 Å². The van der Waals surface area contributed by atoms with E-state index in [0.717, 1.165) is 6.54 Å². The fraction of sp³-hybridized carbons (Fsp3) is 0.778. The molecule has 0 radical (unpaired) electrons. The van der Waals surface area contributed by atoms with Gasteiger partial charge in [-0.05, 0) is 25.7 Å². The third-order valence-corrected chi connectivity index (χ3v) is 2.24. The molecule has 0 aromatic carbocycles. The molecule has 1 aliphatic rings. The van der Waals surface area contributed by atoms with Crippen molar-refractivity contribution in [3.8, 4) is 0 Å². The first kappa shape index (κ1) is 10.8. The highest BCUT2D eigenvalue weighted by molar-refractivity contribution is 5.79. The van der Waals surface area contributed by atoms with Crippen molar-refractivity contribution in [1.29, 1.82) is 0 Å². The van der Waals surface area contributed by atoms with E-state index >= 15 is 0 Å². The van der Waals surface area contributed by atoms with Gasteiger partial charge in [0, 0.05) is 13.1 Å². The Morgan fingerprint density at radius 2 is 2.14 bits per heavy atom. The molecule has 0 aromatic rings. The summed E-state index contributed by atoms with van der Waals surface area (Å²) in [6.07, 6.45) is 2.37. The molecule has 0 atom stereocenters. The van der Waals surface area contributed by atoms with Crippen molar-refractivity contribution in [1.82, 2.24) is 10.2 Å². The fourth-order valence-electron chi connectivity index (χ4n) is 1.23. The zero-order valence-electron chi connectivity index (χ0n) is 8.32. The van der Waals surface area contributed by atoms with Crippen LogP contribution in [0.15, 0.2) is 0 Å². The summed E-state index contributed by atoms with van der Waals surface area (Å²) in [6.45, 7) is 2.96. The second-order valence-electron chi connectivity index (χ2n) is 3.53. The summed E-state index contributed by atoms with van der Waals surface area (Å²) in [4.78, 5) is 23.3. The van der Waals surface area contributed by atoms with E-state index in [2.05, 4.69) is 5.32 Å². The summed E-state index contributed by atoms with van der Waals surface area (Å²) < 4.78 is 0. The van der Waals surface area contributed by atoms with E-state index < -0.39 is 5.97 Å². The Balaban J connectivity index is 2.26. The zero-order chi connectivity index (χ0) is 10.6. The summed E-state index contributed by atoms with van der Waals surface area (Å²) in [7, 11) is 0. The second kappa shape index (κ2) is 4.83. The summed E-state index contributed by atoms with van der Waals surface area (Å²) in [5.74, 6) is -0.383. The van der Waals surface area contributed by atoms with Crippen LogP contribution in [-0.2, 0) is 4.79 Å². The molecule has 2 amide bonds. The molecule has 0 saturated heterocycles. The number of urea groups is 1. The van der Waals surface area contributed by atoms with Gasteiger partial charge in [-0.15, -0.1) is 0 Å². The molecule has 5 nitrogen and oxygen atoms in total. The lowest BCUT2D eigenvalue weighted by molar-refractivity contribution is -0.135. The minimum absolute atomic E-state index is 0.276. The summed E-state index contributed by atoms with van der Waals surface area (Å²) in [5.41, 5.74) is 0. The van der Waals surface area contributed by atoms with Gasteiger partial charge in [-0.25, -0.2) is 4.79 Å². The molecule has 14 heavy (non-hydrogen) atoms. The number of aliphatic carboxylic acids is 1. The van der Waals surface area contributed by atoms with Crippen molar-refractivity contribution in [3.63, 3.8) is 0 Å². The molecule has 0 bridgehead atoms. The van der Waals surface area contributed by atoms with Gasteiger partial charge in [0.2, 0.25) is 0 Å². The second-order valence-corrected chi connectivity index (χ2v) is 3.53. The monoisotopic (exact) mass is 200 g/mol. The van der Waals surface area contributed by atoms with Gasteiger partial charge in [0.1, 0.15) is 6.54 Å². The highest BCUT2D eigenvalue weighted by Gasteiger charge is 2.25. The van der Waals surface area contributed by atoms with E-state index in [9.17, 15) is 9.59 Å². The smallest absolute Gasteiger partial charge is 0.323 e. The maximum atomic E-state index is 11.4. The first-order valence-electron chi connectivity index (χ1n) is 4.88. The lowest BCUT2D eigenvalue weighted by Crippen LogP contribution is -2.42. The Labute approximate surface area is 83.1 Å². The predicted octanol–water partition coefficient (Wildman–Crippen LogP) is 0.512. The highest BCUT2D eigenvalue weighted by Crippen LogP contribution is 2.29. The third kappa shape index (κ3) is 3.64. The molecule has 1 saturated carbocycles. The van der Waals surface area contributed by atoms with E-state index in [4.69, 9.17) is 5.11 Å². The molecule has 1 fully saturated rings. The number of hydrogen-bond donors (Lipinski definition) is 2. The van der Waals surface area contributed by atoms with E-state index in [-0.39, 0.29) is 12.6 Å². The quantitative estimate of drug-likeness (QED) is 0.679. The molecule has 5 heteroatoms. The van der Waals surface area contributed by atoms with E-state index in [1.165, 1.54) is 12.8 Å². The predicted molar refractivity (Wildman–Crippen MR) is 51.0 cm³/mol. The van der Waals surface area contributed by atoms with Crippen molar-refractivity contribution in [3.05, 3.63) is 0 Å². The summed E-state index contributed by atoms with van der Waals surface area (Å²) in [5, 5.41) is 10.7. The normalized spacial score (nSPS) is 14.9. The number of nitrogens with zero attached hydrogens (tertiary/aromatic N) is 1. The molecule has 2 N–H and O–H groups in total. The molecule has 0 aliphatic heterocycles. The molecule has 0 aromatic heterocycles. The van der Waals surface area contributed by atoms with Crippen molar-refractivity contribution in [2.75, 3.05) is 19.6 Å². The minimum Gasteiger partial charge on any atom is -0.480 e. The number of carboxylic acid groups (broad SMARTS) is 1. The van der Waals surface area contributed by atoms with Crippen LogP contribution in [0.3, 0.4) is 0 Å². The average molecular weight is 200 g/mol. The molecule has 0 heterocycles. The lowest BCUT2D eigenvalue weighted by Gasteiger charge is -2.20. The molecule has 1 rings (SSSR count). The minimum atomic E-state index is -1.01. The summed E-state index contributed by atoms with van der Waals surface area (Å²) >= 11 is 0. The van der Waals surface area contributed by atoms with Crippen LogP contribution in [0.4, 0.5) is 4.79 Å². The van der Waals surface area contributed by atoms with Crippen molar-refractivity contribution < 1.29 is 14.7 Å². The van der Waals surface area contributed by atoms with Crippen molar-refractivity contribution >= 4 is 12.0 Å². The van der Waals surface area contributed by atoms with Crippen LogP contribution < -0.4 is 5.32 Å². The Morgan fingerprint density at radius 3 is 2.57 bits per heavy atom. The van der Waals surface area contributed by atoms with Crippen LogP contribution in [0.5, 0.6) is 0 Å². The number of carboxylic acids is 1. The van der Waals surface area contributed by atoms with Crippen molar-refractivity contribution in [2.45, 2.75) is 19.8 Å². The number of carbonyl (C=O) groups is 2. The summed E-state index contributed by atoms with van der Waals surface area (Å²) in [6, 6.07) is -0.276. The van der Waals surface area contributed by atoms with Gasteiger partial charge in [-0.2, -0.15) is 0 Å². The van der Waals surface area contributed by atoms with Gasteiger partial charge in [0.15, 0.2) is 0 Å². The molecule has 0 spiro atoms. The molecule has 80 valence electrons.